The SMILES string of the molecule is CN=C(NCCC(=O)N1CCCC(C)C1)NC1CCN(c2ccccc2)C1. The lowest BCUT2D eigenvalue weighted by molar-refractivity contribution is -0.132. The summed E-state index contributed by atoms with van der Waals surface area (Å²) in [6, 6.07) is 10.9. The summed E-state index contributed by atoms with van der Waals surface area (Å²) in [7, 11) is 1.79. The number of rotatable bonds is 5. The summed E-state index contributed by atoms with van der Waals surface area (Å²) >= 11 is 0. The minimum atomic E-state index is 0.251. The van der Waals surface area contributed by atoms with Crippen molar-refractivity contribution in [2.45, 2.75) is 38.6 Å². The van der Waals surface area contributed by atoms with Crippen LogP contribution in [0.4, 0.5) is 5.69 Å². The van der Waals surface area contributed by atoms with Crippen molar-refractivity contribution in [2.24, 2.45) is 10.9 Å². The molecule has 0 bridgehead atoms. The van der Waals surface area contributed by atoms with Crippen molar-refractivity contribution in [3.63, 3.8) is 0 Å². The number of carbonyl (C=O) groups excluding carboxylic acids is 1. The van der Waals surface area contributed by atoms with Gasteiger partial charge in [0.05, 0.1) is 0 Å². The van der Waals surface area contributed by atoms with Crippen LogP contribution in [0.3, 0.4) is 0 Å². The standard InChI is InChI=1S/C21H33N5O/c1-17-7-6-13-26(15-17)20(27)10-12-23-21(22-2)24-18-11-14-25(16-18)19-8-4-3-5-9-19/h3-5,8-9,17-18H,6-7,10-16H2,1-2H3,(H2,22,23,24). The van der Waals surface area contributed by atoms with Gasteiger partial charge in [-0.15, -0.1) is 0 Å². The summed E-state index contributed by atoms with van der Waals surface area (Å²) in [6.07, 6.45) is 3.97. The van der Waals surface area contributed by atoms with Gasteiger partial charge in [-0.3, -0.25) is 9.79 Å². The van der Waals surface area contributed by atoms with E-state index in [2.05, 4.69) is 51.7 Å². The van der Waals surface area contributed by atoms with Crippen molar-refractivity contribution in [3.05, 3.63) is 30.3 Å². The predicted molar refractivity (Wildman–Crippen MR) is 111 cm³/mol. The van der Waals surface area contributed by atoms with E-state index in [1.807, 2.05) is 11.0 Å². The van der Waals surface area contributed by atoms with Gasteiger partial charge >= 0.3 is 0 Å². The molecule has 0 aromatic heterocycles. The van der Waals surface area contributed by atoms with Crippen LogP contribution in [-0.2, 0) is 4.79 Å². The van der Waals surface area contributed by atoms with Crippen molar-refractivity contribution < 1.29 is 4.79 Å². The summed E-state index contributed by atoms with van der Waals surface area (Å²) in [5.74, 6) is 1.66. The van der Waals surface area contributed by atoms with Crippen molar-refractivity contribution in [1.29, 1.82) is 0 Å². The van der Waals surface area contributed by atoms with Gasteiger partial charge in [0.15, 0.2) is 5.96 Å². The molecule has 0 aliphatic carbocycles. The molecule has 1 amide bonds. The molecular formula is C21H33N5O. The van der Waals surface area contributed by atoms with E-state index in [0.29, 0.717) is 24.9 Å². The van der Waals surface area contributed by atoms with Crippen LogP contribution < -0.4 is 15.5 Å². The third kappa shape index (κ3) is 5.62. The maximum Gasteiger partial charge on any atom is 0.224 e. The molecule has 2 saturated heterocycles. The first-order valence-electron chi connectivity index (χ1n) is 10.2. The lowest BCUT2D eigenvalue weighted by Crippen LogP contribution is -2.46. The number of piperidine rings is 1. The van der Waals surface area contributed by atoms with Gasteiger partial charge in [0.25, 0.3) is 0 Å². The molecule has 2 N–H and O–H groups in total. The second-order valence-corrected chi connectivity index (χ2v) is 7.75. The summed E-state index contributed by atoms with van der Waals surface area (Å²) in [5, 5.41) is 6.80. The number of guanidine groups is 1. The van der Waals surface area contributed by atoms with Crippen LogP contribution in [0.15, 0.2) is 35.3 Å². The van der Waals surface area contributed by atoms with Crippen LogP contribution in [0, 0.1) is 5.92 Å². The van der Waals surface area contributed by atoms with E-state index in [0.717, 1.165) is 45.0 Å². The van der Waals surface area contributed by atoms with Gasteiger partial charge in [-0.25, -0.2) is 0 Å². The van der Waals surface area contributed by atoms with Gasteiger partial charge < -0.3 is 20.4 Å². The first-order valence-corrected chi connectivity index (χ1v) is 10.2. The number of nitrogens with zero attached hydrogens (tertiary/aromatic N) is 3. The second-order valence-electron chi connectivity index (χ2n) is 7.75. The highest BCUT2D eigenvalue weighted by Crippen LogP contribution is 2.19. The number of carbonyl (C=O) groups is 1. The molecule has 2 unspecified atom stereocenters. The third-order valence-corrected chi connectivity index (χ3v) is 5.52. The highest BCUT2D eigenvalue weighted by atomic mass is 16.2. The Balaban J connectivity index is 1.39. The average Bonchev–Trinajstić information content (AvgIpc) is 3.16. The number of anilines is 1. The Bertz CT molecular complexity index is 633. The molecule has 1 aromatic carbocycles. The van der Waals surface area contributed by atoms with Gasteiger partial charge in [-0.2, -0.15) is 0 Å². The van der Waals surface area contributed by atoms with Crippen molar-refractivity contribution in [3.8, 4) is 0 Å². The monoisotopic (exact) mass is 371 g/mol. The van der Waals surface area contributed by atoms with Gasteiger partial charge in [-0.1, -0.05) is 25.1 Å². The molecule has 6 nitrogen and oxygen atoms in total. The first kappa shape index (κ1) is 19.5. The Labute approximate surface area is 163 Å². The molecule has 2 heterocycles. The van der Waals surface area contributed by atoms with Crippen molar-refractivity contribution in [2.75, 3.05) is 44.7 Å². The summed E-state index contributed by atoms with van der Waals surface area (Å²) < 4.78 is 0. The quantitative estimate of drug-likeness (QED) is 0.615. The molecule has 2 fully saturated rings. The lowest BCUT2D eigenvalue weighted by atomic mass is 10.00. The molecule has 27 heavy (non-hydrogen) atoms. The molecule has 1 aromatic rings. The van der Waals surface area contributed by atoms with Crippen molar-refractivity contribution >= 4 is 17.6 Å². The highest BCUT2D eigenvalue weighted by Gasteiger charge is 2.24. The fourth-order valence-electron chi connectivity index (χ4n) is 4.00. The Morgan fingerprint density at radius 2 is 2.00 bits per heavy atom. The van der Waals surface area contributed by atoms with Crippen LogP contribution in [0.1, 0.15) is 32.6 Å². The summed E-state index contributed by atoms with van der Waals surface area (Å²) in [5.41, 5.74) is 1.27. The Morgan fingerprint density at radius 1 is 1.19 bits per heavy atom. The normalized spacial score (nSPS) is 23.4. The molecule has 0 radical (unpaired) electrons. The molecule has 148 valence electrons. The molecule has 6 heteroatoms. The maximum absolute atomic E-state index is 12.4. The maximum atomic E-state index is 12.4. The Hall–Kier alpha value is -2.24. The largest absolute Gasteiger partial charge is 0.369 e. The van der Waals surface area contributed by atoms with Crippen molar-refractivity contribution in [1.82, 2.24) is 15.5 Å². The zero-order chi connectivity index (χ0) is 19.1. The van der Waals surface area contributed by atoms with Crippen LogP contribution in [0.25, 0.3) is 0 Å². The Kier molecular flexibility index (Phi) is 6.96. The van der Waals surface area contributed by atoms with Gasteiger partial charge in [-0.05, 0) is 37.3 Å². The smallest absolute Gasteiger partial charge is 0.224 e. The number of hydrogen-bond acceptors (Lipinski definition) is 3. The topological polar surface area (TPSA) is 60.0 Å². The summed E-state index contributed by atoms with van der Waals surface area (Å²) in [4.78, 5) is 21.1. The van der Waals surface area contributed by atoms with Gasteiger partial charge in [0.1, 0.15) is 0 Å². The number of nitrogens with one attached hydrogen (secondary N) is 2. The minimum Gasteiger partial charge on any atom is -0.369 e. The van der Waals surface area contributed by atoms with E-state index < -0.39 is 0 Å². The molecule has 3 rings (SSSR count). The Morgan fingerprint density at radius 3 is 2.74 bits per heavy atom. The minimum absolute atomic E-state index is 0.251. The predicted octanol–water partition coefficient (Wildman–Crippen LogP) is 2.08. The van der Waals surface area contributed by atoms with Crippen LogP contribution in [0.2, 0.25) is 0 Å². The number of benzene rings is 1. The van der Waals surface area contributed by atoms with E-state index in [-0.39, 0.29) is 5.91 Å². The number of hydrogen-bond donors (Lipinski definition) is 2. The number of amides is 1. The number of likely N-dealkylation sites (tertiary alicyclic amines) is 1. The van der Waals surface area contributed by atoms with E-state index in [9.17, 15) is 4.79 Å². The zero-order valence-corrected chi connectivity index (χ0v) is 16.7. The first-order chi connectivity index (χ1) is 13.2. The van der Waals surface area contributed by atoms with Gasteiger partial charge in [0, 0.05) is 57.9 Å². The molecule has 2 aliphatic heterocycles. The zero-order valence-electron chi connectivity index (χ0n) is 16.7. The molecule has 2 atom stereocenters. The fraction of sp³-hybridized carbons (Fsp3) is 0.619. The van der Waals surface area contributed by atoms with Crippen LogP contribution in [-0.4, -0.2) is 62.6 Å². The van der Waals surface area contributed by atoms with Crippen LogP contribution in [0.5, 0.6) is 0 Å². The van der Waals surface area contributed by atoms with E-state index in [1.54, 1.807) is 7.05 Å². The molecule has 2 aliphatic rings. The average molecular weight is 372 g/mol. The molecular weight excluding hydrogens is 338 g/mol. The van der Waals surface area contributed by atoms with E-state index >= 15 is 0 Å². The number of para-hydroxylation sites is 1. The fourth-order valence-corrected chi connectivity index (χ4v) is 4.00. The van der Waals surface area contributed by atoms with E-state index in [1.165, 1.54) is 12.1 Å². The second kappa shape index (κ2) is 9.62. The van der Waals surface area contributed by atoms with Gasteiger partial charge in [0.2, 0.25) is 5.91 Å². The van der Waals surface area contributed by atoms with E-state index in [4.69, 9.17) is 0 Å². The highest BCUT2D eigenvalue weighted by molar-refractivity contribution is 5.81. The summed E-state index contributed by atoms with van der Waals surface area (Å²) in [6.45, 7) is 6.68. The molecule has 0 saturated carbocycles. The molecule has 0 spiro atoms. The third-order valence-electron chi connectivity index (χ3n) is 5.52. The van der Waals surface area contributed by atoms with Crippen LogP contribution >= 0.6 is 0 Å². The number of aliphatic imine (C=N–C) groups is 1. The lowest BCUT2D eigenvalue weighted by Gasteiger charge is -2.31.